The second kappa shape index (κ2) is 8.53. The van der Waals surface area contributed by atoms with Gasteiger partial charge < -0.3 is 10.1 Å². The van der Waals surface area contributed by atoms with E-state index in [1.54, 1.807) is 0 Å². The smallest absolute Gasteiger partial charge is 0.262 e. The number of aryl methyl sites for hydroxylation is 1. The fourth-order valence-electron chi connectivity index (χ4n) is 2.25. The van der Waals surface area contributed by atoms with Crippen molar-refractivity contribution in [1.82, 2.24) is 4.31 Å². The van der Waals surface area contributed by atoms with Crippen molar-refractivity contribution in [1.29, 1.82) is 0 Å². The molecule has 2 aromatic carbocycles. The topological polar surface area (TPSA) is 75.7 Å². The number of nitrogens with zero attached hydrogens (tertiary/aromatic N) is 1. The van der Waals surface area contributed by atoms with Gasteiger partial charge in [-0.1, -0.05) is 36.7 Å². The summed E-state index contributed by atoms with van der Waals surface area (Å²) in [6.07, 6.45) is 0.797. The first-order valence-corrected chi connectivity index (χ1v) is 9.80. The molecule has 1 N–H and O–H groups in total. The molecule has 0 spiro atoms. The van der Waals surface area contributed by atoms with E-state index in [0.717, 1.165) is 22.0 Å². The summed E-state index contributed by atoms with van der Waals surface area (Å²) in [5.41, 5.74) is 1.76. The molecule has 0 aliphatic rings. The largest absolute Gasteiger partial charge is 0.482 e. The van der Waals surface area contributed by atoms with Crippen molar-refractivity contribution in [3.8, 4) is 5.75 Å². The molecule has 2 aromatic rings. The number of amides is 1. The van der Waals surface area contributed by atoms with Gasteiger partial charge >= 0.3 is 0 Å². The lowest BCUT2D eigenvalue weighted by Crippen LogP contribution is -2.22. The van der Waals surface area contributed by atoms with Gasteiger partial charge in [-0.2, -0.15) is 0 Å². The summed E-state index contributed by atoms with van der Waals surface area (Å²) in [5.74, 6) is -0.0877. The molecule has 0 aromatic heterocycles. The molecule has 6 nitrogen and oxygen atoms in total. The van der Waals surface area contributed by atoms with Crippen molar-refractivity contribution in [3.63, 3.8) is 0 Å². The molecule has 2 rings (SSSR count). The van der Waals surface area contributed by atoms with Crippen LogP contribution < -0.4 is 10.1 Å². The lowest BCUT2D eigenvalue weighted by Gasteiger charge is -2.14. The fourth-order valence-corrected chi connectivity index (χ4v) is 3.48. The third kappa shape index (κ3) is 4.75. The Kier molecular flexibility index (Phi) is 6.63. The highest BCUT2D eigenvalue weighted by molar-refractivity contribution is 7.89. The molecular weight excluding hydrogens is 376 g/mol. The number of hydrogen-bond acceptors (Lipinski definition) is 4. The van der Waals surface area contributed by atoms with Gasteiger partial charge in [-0.05, 0) is 36.2 Å². The minimum absolute atomic E-state index is 0.0566. The highest BCUT2D eigenvalue weighted by Crippen LogP contribution is 2.28. The number of sulfonamides is 1. The molecule has 0 heterocycles. The summed E-state index contributed by atoms with van der Waals surface area (Å²) in [6.45, 7) is 1.77. The van der Waals surface area contributed by atoms with E-state index in [0.29, 0.717) is 0 Å². The minimum atomic E-state index is -3.58. The fraction of sp³-hybridized carbons (Fsp3) is 0.278. The van der Waals surface area contributed by atoms with Gasteiger partial charge in [0, 0.05) is 19.8 Å². The van der Waals surface area contributed by atoms with Crippen LogP contribution in [0, 0.1) is 0 Å². The lowest BCUT2D eigenvalue weighted by atomic mass is 10.1. The second-order valence-corrected chi connectivity index (χ2v) is 8.29. The van der Waals surface area contributed by atoms with Gasteiger partial charge in [0.05, 0.1) is 9.92 Å². The zero-order valence-electron chi connectivity index (χ0n) is 14.8. The van der Waals surface area contributed by atoms with E-state index in [4.69, 9.17) is 16.3 Å². The van der Waals surface area contributed by atoms with Crippen molar-refractivity contribution in [2.45, 2.75) is 18.2 Å². The van der Waals surface area contributed by atoms with Gasteiger partial charge in [0.2, 0.25) is 10.0 Å². The first kappa shape index (κ1) is 20.2. The first-order chi connectivity index (χ1) is 12.3. The van der Waals surface area contributed by atoms with Crippen molar-refractivity contribution >= 4 is 33.2 Å². The number of carbonyl (C=O) groups is 1. The van der Waals surface area contributed by atoms with Gasteiger partial charge in [0.1, 0.15) is 5.75 Å². The molecule has 140 valence electrons. The van der Waals surface area contributed by atoms with Crippen molar-refractivity contribution in [2.75, 3.05) is 26.0 Å². The maximum Gasteiger partial charge on any atom is 0.262 e. The van der Waals surface area contributed by atoms with Gasteiger partial charge in [-0.15, -0.1) is 0 Å². The number of benzene rings is 2. The molecule has 0 atom stereocenters. The molecule has 0 fully saturated rings. The van der Waals surface area contributed by atoms with E-state index in [1.807, 2.05) is 31.2 Å². The SMILES string of the molecule is CCc1ccccc1NC(=O)COc1ccc(S(=O)(=O)N(C)C)cc1Cl. The number of carbonyl (C=O) groups excluding carboxylic acids is 1. The summed E-state index contributed by atoms with van der Waals surface area (Å²) >= 11 is 6.09. The summed E-state index contributed by atoms with van der Waals surface area (Å²) in [5, 5.41) is 2.91. The van der Waals surface area contributed by atoms with Crippen LogP contribution in [-0.2, 0) is 21.2 Å². The Morgan fingerprint density at radius 1 is 1.19 bits per heavy atom. The molecule has 0 saturated carbocycles. The predicted octanol–water partition coefficient (Wildman–Crippen LogP) is 3.17. The van der Waals surface area contributed by atoms with Crippen LogP contribution in [0.3, 0.4) is 0 Å². The van der Waals surface area contributed by atoms with Crippen LogP contribution in [0.1, 0.15) is 12.5 Å². The maximum atomic E-state index is 12.1. The molecule has 1 amide bonds. The van der Waals surface area contributed by atoms with Crippen LogP contribution in [-0.4, -0.2) is 39.3 Å². The van der Waals surface area contributed by atoms with Crippen LogP contribution in [0.25, 0.3) is 0 Å². The zero-order valence-corrected chi connectivity index (χ0v) is 16.4. The highest BCUT2D eigenvalue weighted by atomic mass is 35.5. The average Bonchev–Trinajstić information content (AvgIpc) is 2.60. The van der Waals surface area contributed by atoms with Gasteiger partial charge in [-0.3, -0.25) is 4.79 Å². The van der Waals surface area contributed by atoms with E-state index in [9.17, 15) is 13.2 Å². The van der Waals surface area contributed by atoms with Crippen molar-refractivity contribution < 1.29 is 17.9 Å². The zero-order chi connectivity index (χ0) is 19.3. The quantitative estimate of drug-likeness (QED) is 0.779. The predicted molar refractivity (Wildman–Crippen MR) is 102 cm³/mol. The summed E-state index contributed by atoms with van der Waals surface area (Å²) < 4.78 is 30.7. The van der Waals surface area contributed by atoms with Crippen LogP contribution in [0.5, 0.6) is 5.75 Å². The van der Waals surface area contributed by atoms with E-state index < -0.39 is 10.0 Å². The highest BCUT2D eigenvalue weighted by Gasteiger charge is 2.19. The van der Waals surface area contributed by atoms with E-state index in [2.05, 4.69) is 5.32 Å². The van der Waals surface area contributed by atoms with Gasteiger partial charge in [0.15, 0.2) is 6.61 Å². The van der Waals surface area contributed by atoms with E-state index in [-0.39, 0.29) is 28.2 Å². The van der Waals surface area contributed by atoms with Gasteiger partial charge in [-0.25, -0.2) is 12.7 Å². The summed E-state index contributed by atoms with van der Waals surface area (Å²) in [7, 11) is -0.709. The molecule has 0 bridgehead atoms. The number of para-hydroxylation sites is 1. The second-order valence-electron chi connectivity index (χ2n) is 5.73. The van der Waals surface area contributed by atoms with Crippen LogP contribution >= 0.6 is 11.6 Å². The van der Waals surface area contributed by atoms with Crippen LogP contribution in [0.2, 0.25) is 5.02 Å². The van der Waals surface area contributed by atoms with Crippen molar-refractivity contribution in [3.05, 3.63) is 53.1 Å². The Hall–Kier alpha value is -2.09. The number of rotatable bonds is 7. The Bertz CT molecular complexity index is 898. The monoisotopic (exact) mass is 396 g/mol. The number of halogens is 1. The lowest BCUT2D eigenvalue weighted by molar-refractivity contribution is -0.118. The van der Waals surface area contributed by atoms with Gasteiger partial charge in [0.25, 0.3) is 5.91 Å². The first-order valence-electron chi connectivity index (χ1n) is 7.98. The third-order valence-electron chi connectivity index (χ3n) is 3.71. The molecule has 8 heteroatoms. The molecule has 0 aliphatic carbocycles. The van der Waals surface area contributed by atoms with Crippen LogP contribution in [0.4, 0.5) is 5.69 Å². The molecule has 0 aliphatic heterocycles. The van der Waals surface area contributed by atoms with Crippen molar-refractivity contribution in [2.24, 2.45) is 0 Å². The minimum Gasteiger partial charge on any atom is -0.482 e. The summed E-state index contributed by atoms with van der Waals surface area (Å²) in [4.78, 5) is 12.2. The Morgan fingerprint density at radius 3 is 2.50 bits per heavy atom. The summed E-state index contributed by atoms with van der Waals surface area (Å²) in [6, 6.07) is 11.6. The molecular formula is C18H21ClN2O4S. The average molecular weight is 397 g/mol. The normalized spacial score (nSPS) is 11.4. The molecule has 0 saturated heterocycles. The van der Waals surface area contributed by atoms with Crippen LogP contribution in [0.15, 0.2) is 47.4 Å². The number of ether oxygens (including phenoxy) is 1. The Labute approximate surface area is 158 Å². The Morgan fingerprint density at radius 2 is 1.88 bits per heavy atom. The van der Waals surface area contributed by atoms with E-state index in [1.165, 1.54) is 32.3 Å². The molecule has 0 unspecified atom stereocenters. The number of nitrogens with one attached hydrogen (secondary N) is 1. The standard InChI is InChI=1S/C18H21ClN2O4S/c1-4-13-7-5-6-8-16(13)20-18(22)12-25-17-10-9-14(11-15(17)19)26(23,24)21(2)3/h5-11H,4,12H2,1-3H3,(H,20,22). The number of hydrogen-bond donors (Lipinski definition) is 1. The number of anilines is 1. The Balaban J connectivity index is 2.04. The molecule has 26 heavy (non-hydrogen) atoms. The molecule has 0 radical (unpaired) electrons. The van der Waals surface area contributed by atoms with E-state index >= 15 is 0 Å². The maximum absolute atomic E-state index is 12.1. The third-order valence-corrected chi connectivity index (χ3v) is 5.82.